The number of nitrogens with zero attached hydrogens (tertiary/aromatic N) is 1. The van der Waals surface area contributed by atoms with E-state index in [-0.39, 0.29) is 23.2 Å². The minimum Gasteiger partial charge on any atom is -1.00 e. The van der Waals surface area contributed by atoms with Gasteiger partial charge in [0.15, 0.2) is 5.69 Å². The van der Waals surface area contributed by atoms with Crippen molar-refractivity contribution in [1.29, 1.82) is 0 Å². The van der Waals surface area contributed by atoms with E-state index in [1.807, 2.05) is 11.3 Å². The quantitative estimate of drug-likeness (QED) is 0.331. The summed E-state index contributed by atoms with van der Waals surface area (Å²) in [6.07, 6.45) is 0. The van der Waals surface area contributed by atoms with Gasteiger partial charge < -0.3 is 12.4 Å². The van der Waals surface area contributed by atoms with Crippen molar-refractivity contribution < 1.29 is 17.0 Å². The average molecular weight is 490 g/mol. The lowest BCUT2D eigenvalue weighted by molar-refractivity contribution is -0.596. The summed E-state index contributed by atoms with van der Waals surface area (Å²) in [7, 11) is 0. The summed E-state index contributed by atoms with van der Waals surface area (Å²) in [5, 5.41) is 0. The molecule has 0 aliphatic rings. The molecule has 1 heterocycles. The summed E-state index contributed by atoms with van der Waals surface area (Å²) < 4.78 is 2.39. The maximum Gasteiger partial charge on any atom is 0.231 e. The van der Waals surface area contributed by atoms with E-state index < -0.39 is 0 Å². The third-order valence-electron chi connectivity index (χ3n) is 6.56. The van der Waals surface area contributed by atoms with Crippen LogP contribution in [-0.4, -0.2) is 0 Å². The van der Waals surface area contributed by atoms with E-state index in [4.69, 9.17) is 0 Å². The van der Waals surface area contributed by atoms with Crippen LogP contribution in [0.25, 0.3) is 27.9 Å². The van der Waals surface area contributed by atoms with Crippen LogP contribution in [0.15, 0.2) is 72.2 Å². The molecule has 0 atom stereocenters. The molecule has 0 fully saturated rings. The molecule has 0 radical (unpaired) electrons. The minimum atomic E-state index is 0. The van der Waals surface area contributed by atoms with Crippen LogP contribution < -0.4 is 17.0 Å². The molecule has 3 heteroatoms. The van der Waals surface area contributed by atoms with Gasteiger partial charge in [0.2, 0.25) is 11.2 Å². The van der Waals surface area contributed by atoms with Crippen molar-refractivity contribution in [1.82, 2.24) is 0 Å². The summed E-state index contributed by atoms with van der Waals surface area (Å²) in [6, 6.07) is 24.9. The standard InChI is InChI=1S/C31H36NS.ClH/c1-21-22(2)33-20-32(21)29-27(23-12-9-14-25(18-23)30(3,4)5)16-11-17-28(29)24-13-10-15-26(19-24)31(6,7)8;/h9-20H,1-8H3;1H/q+1;/p-1. The molecule has 0 aliphatic carbocycles. The Morgan fingerprint density at radius 2 is 1.09 bits per heavy atom. The van der Waals surface area contributed by atoms with Gasteiger partial charge in [-0.25, -0.2) is 0 Å². The van der Waals surface area contributed by atoms with E-state index in [9.17, 15) is 0 Å². The predicted molar refractivity (Wildman–Crippen MR) is 144 cm³/mol. The van der Waals surface area contributed by atoms with Gasteiger partial charge in [-0.15, -0.1) is 0 Å². The third kappa shape index (κ3) is 5.14. The number of hydrogen-bond donors (Lipinski definition) is 0. The van der Waals surface area contributed by atoms with Crippen LogP contribution in [0.2, 0.25) is 0 Å². The predicted octanol–water partition coefficient (Wildman–Crippen LogP) is 5.57. The second-order valence-corrected chi connectivity index (χ2v) is 12.2. The molecule has 0 bridgehead atoms. The summed E-state index contributed by atoms with van der Waals surface area (Å²) in [4.78, 5) is 1.35. The smallest absolute Gasteiger partial charge is 0.231 e. The first-order valence-electron chi connectivity index (χ1n) is 11.8. The molecule has 0 amide bonds. The third-order valence-corrected chi connectivity index (χ3v) is 7.53. The van der Waals surface area contributed by atoms with E-state index >= 15 is 0 Å². The van der Waals surface area contributed by atoms with Crippen LogP contribution in [0.4, 0.5) is 0 Å². The van der Waals surface area contributed by atoms with Crippen molar-refractivity contribution in [3.63, 3.8) is 0 Å². The molecule has 1 nitrogen and oxygen atoms in total. The SMILES string of the molecule is Cc1sc[n+](-c2c(-c3cccc(C(C)(C)C)c3)cccc2-c2cccc(C(C)(C)C)c2)c1C.[Cl-]. The van der Waals surface area contributed by atoms with Crippen LogP contribution in [-0.2, 0) is 10.8 Å². The van der Waals surface area contributed by atoms with Crippen molar-refractivity contribution >= 4 is 11.3 Å². The Hall–Kier alpha value is -2.42. The van der Waals surface area contributed by atoms with Crippen molar-refractivity contribution in [2.75, 3.05) is 0 Å². The second kappa shape index (κ2) is 9.68. The fourth-order valence-corrected chi connectivity index (χ4v) is 5.06. The molecule has 0 spiro atoms. The van der Waals surface area contributed by atoms with Gasteiger partial charge in [0.05, 0.1) is 16.0 Å². The van der Waals surface area contributed by atoms with Crippen LogP contribution in [0.3, 0.4) is 0 Å². The van der Waals surface area contributed by atoms with Gasteiger partial charge in [0.25, 0.3) is 0 Å². The molecule has 0 unspecified atom stereocenters. The lowest BCUT2D eigenvalue weighted by Crippen LogP contribution is -3.00. The Morgan fingerprint density at radius 3 is 1.47 bits per heavy atom. The number of aromatic nitrogens is 1. The Bertz CT molecular complexity index is 1230. The fraction of sp³-hybridized carbons (Fsp3) is 0.323. The topological polar surface area (TPSA) is 3.88 Å². The lowest BCUT2D eigenvalue weighted by atomic mass is 9.84. The number of benzene rings is 3. The Kier molecular flexibility index (Phi) is 7.45. The summed E-state index contributed by atoms with van der Waals surface area (Å²) in [5.41, 5.74) is 12.8. The van der Waals surface area contributed by atoms with Gasteiger partial charge in [-0.2, -0.15) is 4.57 Å². The fourth-order valence-electron chi connectivity index (χ4n) is 4.26. The number of para-hydroxylation sites is 1. The molecule has 0 aliphatic heterocycles. The van der Waals surface area contributed by atoms with Crippen molar-refractivity contribution in [3.05, 3.63) is 93.9 Å². The van der Waals surface area contributed by atoms with Crippen LogP contribution in [0, 0.1) is 13.8 Å². The maximum absolute atomic E-state index is 2.39. The van der Waals surface area contributed by atoms with Crippen LogP contribution in [0.1, 0.15) is 63.2 Å². The Morgan fingerprint density at radius 1 is 0.647 bits per heavy atom. The largest absolute Gasteiger partial charge is 1.00 e. The number of hydrogen-bond acceptors (Lipinski definition) is 1. The number of aryl methyl sites for hydroxylation is 1. The van der Waals surface area contributed by atoms with E-state index in [1.54, 1.807) is 0 Å². The van der Waals surface area contributed by atoms with E-state index in [2.05, 4.69) is 132 Å². The van der Waals surface area contributed by atoms with E-state index in [1.165, 1.54) is 49.6 Å². The molecule has 34 heavy (non-hydrogen) atoms. The lowest BCUT2D eigenvalue weighted by Gasteiger charge is -2.21. The summed E-state index contributed by atoms with van der Waals surface area (Å²) in [5.74, 6) is 0. The first kappa shape index (κ1) is 26.2. The second-order valence-electron chi connectivity index (χ2n) is 11.1. The highest BCUT2D eigenvalue weighted by molar-refractivity contribution is 7.09. The summed E-state index contributed by atoms with van der Waals surface area (Å²) in [6.45, 7) is 18.1. The molecular formula is C31H36ClNS. The Labute approximate surface area is 215 Å². The molecule has 4 aromatic rings. The monoisotopic (exact) mass is 489 g/mol. The van der Waals surface area contributed by atoms with Crippen LogP contribution in [0.5, 0.6) is 0 Å². The van der Waals surface area contributed by atoms with Gasteiger partial charge in [-0.3, -0.25) is 0 Å². The highest BCUT2D eigenvalue weighted by Crippen LogP contribution is 2.37. The van der Waals surface area contributed by atoms with Gasteiger partial charge >= 0.3 is 0 Å². The zero-order chi connectivity index (χ0) is 24.0. The molecule has 3 aromatic carbocycles. The zero-order valence-corrected chi connectivity index (χ0v) is 23.2. The molecule has 0 saturated carbocycles. The van der Waals surface area contributed by atoms with Crippen LogP contribution >= 0.6 is 11.3 Å². The molecule has 0 saturated heterocycles. The van der Waals surface area contributed by atoms with E-state index in [0.29, 0.717) is 0 Å². The zero-order valence-electron chi connectivity index (χ0n) is 21.7. The molecule has 4 rings (SSSR count). The first-order valence-corrected chi connectivity index (χ1v) is 12.7. The van der Waals surface area contributed by atoms with Crippen molar-refractivity contribution in [3.8, 4) is 27.9 Å². The van der Waals surface area contributed by atoms with Gasteiger partial charge in [-0.1, -0.05) is 107 Å². The van der Waals surface area contributed by atoms with Gasteiger partial charge in [-0.05, 0) is 52.1 Å². The van der Waals surface area contributed by atoms with Crippen molar-refractivity contribution in [2.45, 2.75) is 66.2 Å². The van der Waals surface area contributed by atoms with Crippen molar-refractivity contribution in [2.24, 2.45) is 0 Å². The highest BCUT2D eigenvalue weighted by atomic mass is 35.5. The molecule has 178 valence electrons. The normalized spacial score (nSPS) is 11.9. The molecule has 1 aromatic heterocycles. The van der Waals surface area contributed by atoms with Gasteiger partial charge in [0.1, 0.15) is 0 Å². The first-order chi connectivity index (χ1) is 15.5. The minimum absolute atomic E-state index is 0. The maximum atomic E-state index is 2.39. The van der Waals surface area contributed by atoms with Gasteiger partial charge in [0, 0.05) is 6.92 Å². The molecule has 0 N–H and O–H groups in total. The molecular weight excluding hydrogens is 454 g/mol. The number of thiazole rings is 1. The average Bonchev–Trinajstić information content (AvgIpc) is 3.10. The number of rotatable bonds is 3. The number of halogens is 1. The highest BCUT2D eigenvalue weighted by Gasteiger charge is 2.26. The summed E-state index contributed by atoms with van der Waals surface area (Å²) >= 11 is 1.81. The van der Waals surface area contributed by atoms with E-state index in [0.717, 1.165) is 0 Å². The Balaban J connectivity index is 0.00000324.